The molecule has 0 spiro atoms. The number of hydrogen-bond donors (Lipinski definition) is 1. The number of rotatable bonds is 7. The van der Waals surface area contributed by atoms with Crippen molar-refractivity contribution in [1.29, 1.82) is 0 Å². The molecule has 0 aliphatic heterocycles. The molecule has 1 amide bonds. The Morgan fingerprint density at radius 3 is 2.44 bits per heavy atom. The van der Waals surface area contributed by atoms with Gasteiger partial charge in [-0.25, -0.2) is 9.67 Å². The van der Waals surface area contributed by atoms with Gasteiger partial charge in [-0.2, -0.15) is 5.10 Å². The van der Waals surface area contributed by atoms with Crippen LogP contribution in [0.5, 0.6) is 5.75 Å². The van der Waals surface area contributed by atoms with E-state index in [0.717, 1.165) is 16.9 Å². The molecule has 0 aliphatic rings. The van der Waals surface area contributed by atoms with E-state index in [2.05, 4.69) is 15.4 Å². The maximum Gasteiger partial charge on any atom is 0.251 e. The Morgan fingerprint density at radius 1 is 1.08 bits per heavy atom. The summed E-state index contributed by atoms with van der Waals surface area (Å²) in [4.78, 5) is 16.1. The summed E-state index contributed by atoms with van der Waals surface area (Å²) in [6.07, 6.45) is 3.20. The van der Waals surface area contributed by atoms with Crippen molar-refractivity contribution in [1.82, 2.24) is 20.1 Å². The summed E-state index contributed by atoms with van der Waals surface area (Å²) in [5, 5.41) is 7.01. The number of carbonyl (C=O) groups is 1. The van der Waals surface area contributed by atoms with E-state index in [4.69, 9.17) is 4.74 Å². The van der Waals surface area contributed by atoms with Crippen molar-refractivity contribution in [2.75, 3.05) is 6.61 Å². The van der Waals surface area contributed by atoms with Crippen LogP contribution in [0.15, 0.2) is 61.2 Å². The molecule has 0 aliphatic carbocycles. The fourth-order valence-electron chi connectivity index (χ4n) is 2.42. The third kappa shape index (κ3) is 4.67. The van der Waals surface area contributed by atoms with E-state index < -0.39 is 0 Å². The maximum absolute atomic E-state index is 12.2. The first kappa shape index (κ1) is 16.7. The van der Waals surface area contributed by atoms with Gasteiger partial charge in [0.2, 0.25) is 0 Å². The van der Waals surface area contributed by atoms with Crippen LogP contribution in [0.1, 0.15) is 28.4 Å². The lowest BCUT2D eigenvalue weighted by atomic mass is 10.1. The first-order chi connectivity index (χ1) is 12.2. The zero-order chi connectivity index (χ0) is 17.5. The third-order valence-electron chi connectivity index (χ3n) is 3.71. The fourth-order valence-corrected chi connectivity index (χ4v) is 2.42. The van der Waals surface area contributed by atoms with Crippen LogP contribution in [0.4, 0.5) is 0 Å². The van der Waals surface area contributed by atoms with Gasteiger partial charge in [-0.05, 0) is 42.3 Å². The van der Waals surface area contributed by atoms with Gasteiger partial charge in [-0.1, -0.05) is 24.3 Å². The summed E-state index contributed by atoms with van der Waals surface area (Å²) in [6, 6.07) is 15.2. The molecule has 128 valence electrons. The van der Waals surface area contributed by atoms with Gasteiger partial charge in [0, 0.05) is 12.1 Å². The predicted octanol–water partition coefficient (Wildman–Crippen LogP) is 2.66. The molecule has 0 radical (unpaired) electrons. The molecule has 0 saturated carbocycles. The summed E-state index contributed by atoms with van der Waals surface area (Å²) >= 11 is 0. The van der Waals surface area contributed by atoms with Gasteiger partial charge in [0.25, 0.3) is 5.91 Å². The molecule has 3 rings (SSSR count). The van der Waals surface area contributed by atoms with E-state index in [0.29, 0.717) is 25.3 Å². The van der Waals surface area contributed by atoms with Crippen LogP contribution in [0.25, 0.3) is 0 Å². The molecule has 0 fully saturated rings. The Balaban J connectivity index is 1.53. The highest BCUT2D eigenvalue weighted by Gasteiger charge is 2.05. The zero-order valence-corrected chi connectivity index (χ0v) is 14.1. The monoisotopic (exact) mass is 336 g/mol. The van der Waals surface area contributed by atoms with Crippen molar-refractivity contribution in [2.45, 2.75) is 20.0 Å². The summed E-state index contributed by atoms with van der Waals surface area (Å²) < 4.78 is 7.14. The van der Waals surface area contributed by atoms with Crippen LogP contribution in [-0.4, -0.2) is 27.3 Å². The van der Waals surface area contributed by atoms with E-state index in [9.17, 15) is 4.79 Å². The minimum absolute atomic E-state index is 0.102. The molecule has 1 heterocycles. The summed E-state index contributed by atoms with van der Waals surface area (Å²) in [6.45, 7) is 3.70. The highest BCUT2D eigenvalue weighted by atomic mass is 16.5. The Kier molecular flexibility index (Phi) is 5.41. The lowest BCUT2D eigenvalue weighted by Gasteiger charge is -2.08. The van der Waals surface area contributed by atoms with Crippen LogP contribution in [0.2, 0.25) is 0 Å². The van der Waals surface area contributed by atoms with Crippen molar-refractivity contribution in [3.05, 3.63) is 77.9 Å². The van der Waals surface area contributed by atoms with Crippen LogP contribution < -0.4 is 10.1 Å². The SMILES string of the molecule is CCOc1ccc(C(=O)NCc2ccc(Cn3cncn3)cc2)cc1. The Hall–Kier alpha value is -3.15. The van der Waals surface area contributed by atoms with Gasteiger partial charge in [-0.3, -0.25) is 4.79 Å². The van der Waals surface area contributed by atoms with Crippen LogP contribution in [-0.2, 0) is 13.1 Å². The minimum Gasteiger partial charge on any atom is -0.494 e. The standard InChI is InChI=1S/C19H20N4O2/c1-2-25-18-9-7-17(8-10-18)19(24)21-11-15-3-5-16(6-4-15)12-23-14-20-13-22-23/h3-10,13-14H,2,11-12H2,1H3,(H,21,24). The molecular formula is C19H20N4O2. The second-order valence-corrected chi connectivity index (χ2v) is 5.55. The number of nitrogens with zero attached hydrogens (tertiary/aromatic N) is 3. The van der Waals surface area contributed by atoms with E-state index in [1.54, 1.807) is 35.3 Å². The van der Waals surface area contributed by atoms with E-state index in [-0.39, 0.29) is 5.91 Å². The molecule has 1 aromatic heterocycles. The molecule has 3 aromatic rings. The Bertz CT molecular complexity index is 796. The molecule has 25 heavy (non-hydrogen) atoms. The Morgan fingerprint density at radius 2 is 1.80 bits per heavy atom. The zero-order valence-electron chi connectivity index (χ0n) is 14.1. The minimum atomic E-state index is -0.102. The lowest BCUT2D eigenvalue weighted by molar-refractivity contribution is 0.0951. The molecular weight excluding hydrogens is 316 g/mol. The van der Waals surface area contributed by atoms with Gasteiger partial charge in [-0.15, -0.1) is 0 Å². The molecule has 2 aromatic carbocycles. The largest absolute Gasteiger partial charge is 0.494 e. The summed E-state index contributed by atoms with van der Waals surface area (Å²) in [5.41, 5.74) is 2.79. The highest BCUT2D eigenvalue weighted by molar-refractivity contribution is 5.94. The smallest absolute Gasteiger partial charge is 0.251 e. The Labute approximate surface area is 146 Å². The van der Waals surface area contributed by atoms with Crippen molar-refractivity contribution in [3.63, 3.8) is 0 Å². The first-order valence-corrected chi connectivity index (χ1v) is 8.16. The number of benzene rings is 2. The number of aromatic nitrogens is 3. The van der Waals surface area contributed by atoms with Crippen molar-refractivity contribution >= 4 is 5.91 Å². The number of amides is 1. The average molecular weight is 336 g/mol. The summed E-state index contributed by atoms with van der Waals surface area (Å²) in [7, 11) is 0. The fraction of sp³-hybridized carbons (Fsp3) is 0.211. The van der Waals surface area contributed by atoms with E-state index >= 15 is 0 Å². The second-order valence-electron chi connectivity index (χ2n) is 5.55. The second kappa shape index (κ2) is 8.10. The molecule has 1 N–H and O–H groups in total. The number of carbonyl (C=O) groups excluding carboxylic acids is 1. The number of nitrogens with one attached hydrogen (secondary N) is 1. The van der Waals surface area contributed by atoms with Gasteiger partial charge in [0.05, 0.1) is 13.2 Å². The topological polar surface area (TPSA) is 69.0 Å². The van der Waals surface area contributed by atoms with Gasteiger partial charge in [0.15, 0.2) is 0 Å². The molecule has 6 nitrogen and oxygen atoms in total. The van der Waals surface area contributed by atoms with Gasteiger partial charge >= 0.3 is 0 Å². The van der Waals surface area contributed by atoms with E-state index in [1.165, 1.54) is 6.33 Å². The van der Waals surface area contributed by atoms with Crippen molar-refractivity contribution in [2.24, 2.45) is 0 Å². The molecule has 0 bridgehead atoms. The first-order valence-electron chi connectivity index (χ1n) is 8.16. The van der Waals surface area contributed by atoms with Gasteiger partial charge in [0.1, 0.15) is 18.4 Å². The maximum atomic E-state index is 12.2. The lowest BCUT2D eigenvalue weighted by Crippen LogP contribution is -2.22. The normalized spacial score (nSPS) is 10.4. The van der Waals surface area contributed by atoms with Crippen molar-refractivity contribution in [3.8, 4) is 5.75 Å². The molecule has 0 atom stereocenters. The van der Waals surface area contributed by atoms with Crippen LogP contribution in [0.3, 0.4) is 0 Å². The molecule has 6 heteroatoms. The van der Waals surface area contributed by atoms with E-state index in [1.807, 2.05) is 31.2 Å². The van der Waals surface area contributed by atoms with Crippen LogP contribution in [0, 0.1) is 0 Å². The summed E-state index contributed by atoms with van der Waals surface area (Å²) in [5.74, 6) is 0.664. The average Bonchev–Trinajstić information content (AvgIpc) is 3.15. The quantitative estimate of drug-likeness (QED) is 0.720. The number of ether oxygens (including phenoxy) is 1. The van der Waals surface area contributed by atoms with Crippen molar-refractivity contribution < 1.29 is 9.53 Å². The highest BCUT2D eigenvalue weighted by Crippen LogP contribution is 2.12. The molecule has 0 unspecified atom stereocenters. The molecule has 0 saturated heterocycles. The van der Waals surface area contributed by atoms with Gasteiger partial charge < -0.3 is 10.1 Å². The number of hydrogen-bond acceptors (Lipinski definition) is 4. The van der Waals surface area contributed by atoms with Crippen LogP contribution >= 0.6 is 0 Å². The predicted molar refractivity (Wildman–Crippen MR) is 94.3 cm³/mol. The third-order valence-corrected chi connectivity index (χ3v) is 3.71.